The molecule has 0 aliphatic heterocycles. The summed E-state index contributed by atoms with van der Waals surface area (Å²) in [5.74, 6) is 1.51. The molecule has 0 aliphatic carbocycles. The van der Waals surface area contributed by atoms with E-state index in [1.54, 1.807) is 0 Å². The highest BCUT2D eigenvalue weighted by Crippen LogP contribution is 2.25. The summed E-state index contributed by atoms with van der Waals surface area (Å²) in [7, 11) is 0. The quantitative estimate of drug-likeness (QED) is 0.751. The summed E-state index contributed by atoms with van der Waals surface area (Å²) in [5.41, 5.74) is 1.50. The number of rotatable bonds is 7. The van der Waals surface area contributed by atoms with E-state index in [9.17, 15) is 0 Å². The summed E-state index contributed by atoms with van der Waals surface area (Å²) in [6.07, 6.45) is 1.18. The van der Waals surface area contributed by atoms with E-state index in [4.69, 9.17) is 4.74 Å². The Hall–Kier alpha value is -1.02. The van der Waals surface area contributed by atoms with Crippen molar-refractivity contribution in [1.29, 1.82) is 0 Å². The van der Waals surface area contributed by atoms with Crippen LogP contribution in [0.25, 0.3) is 0 Å². The minimum Gasteiger partial charge on any atom is -0.493 e. The van der Waals surface area contributed by atoms with Crippen molar-refractivity contribution in [2.45, 2.75) is 46.5 Å². The molecule has 2 nitrogen and oxygen atoms in total. The van der Waals surface area contributed by atoms with Gasteiger partial charge in [-0.2, -0.15) is 0 Å². The summed E-state index contributed by atoms with van der Waals surface area (Å²) in [5, 5.41) is 3.43. The zero-order valence-electron chi connectivity index (χ0n) is 13.1. The maximum Gasteiger partial charge on any atom is 0.119 e. The van der Waals surface area contributed by atoms with Crippen molar-refractivity contribution in [1.82, 2.24) is 5.32 Å². The first kappa shape index (κ1) is 16.0. The average Bonchev–Trinajstić information content (AvgIpc) is 2.36. The van der Waals surface area contributed by atoms with Crippen molar-refractivity contribution in [2.24, 2.45) is 5.92 Å². The maximum atomic E-state index is 5.89. The molecule has 0 amide bonds. The lowest BCUT2D eigenvalue weighted by Gasteiger charge is -2.20. The van der Waals surface area contributed by atoms with E-state index >= 15 is 0 Å². The lowest BCUT2D eigenvalue weighted by molar-refractivity contribution is 0.255. The van der Waals surface area contributed by atoms with Gasteiger partial charge in [0.05, 0.1) is 6.61 Å². The molecule has 1 rings (SSSR count). The highest BCUT2D eigenvalue weighted by Gasteiger charge is 2.14. The van der Waals surface area contributed by atoms with Gasteiger partial charge in [0.2, 0.25) is 0 Å². The van der Waals surface area contributed by atoms with Gasteiger partial charge < -0.3 is 10.1 Å². The van der Waals surface area contributed by atoms with Crippen LogP contribution < -0.4 is 10.1 Å². The molecule has 0 saturated heterocycles. The normalized spacial score (nSPS) is 13.3. The maximum absolute atomic E-state index is 5.89. The third-order valence-electron chi connectivity index (χ3n) is 3.15. The molecule has 1 N–H and O–H groups in total. The lowest BCUT2D eigenvalue weighted by atomic mass is 9.87. The monoisotopic (exact) mass is 263 g/mol. The third kappa shape index (κ3) is 6.11. The molecule has 1 aromatic carbocycles. The van der Waals surface area contributed by atoms with Gasteiger partial charge in [0, 0.05) is 12.5 Å². The molecule has 0 radical (unpaired) electrons. The average molecular weight is 263 g/mol. The fourth-order valence-electron chi connectivity index (χ4n) is 1.88. The van der Waals surface area contributed by atoms with Crippen LogP contribution in [0.5, 0.6) is 5.75 Å². The predicted octanol–water partition coefficient (Wildman–Crippen LogP) is 4.00. The van der Waals surface area contributed by atoms with Crippen molar-refractivity contribution in [3.8, 4) is 5.75 Å². The Morgan fingerprint density at radius 1 is 1.26 bits per heavy atom. The minimum atomic E-state index is 0.174. The largest absolute Gasteiger partial charge is 0.493 e. The number of hydrogen-bond acceptors (Lipinski definition) is 2. The van der Waals surface area contributed by atoms with Crippen molar-refractivity contribution in [3.63, 3.8) is 0 Å². The minimum absolute atomic E-state index is 0.174. The Morgan fingerprint density at radius 3 is 2.63 bits per heavy atom. The van der Waals surface area contributed by atoms with Gasteiger partial charge >= 0.3 is 0 Å². The molecular formula is C17H29NO. The molecule has 0 bridgehead atoms. The SMILES string of the molecule is CCCNCC(C)COc1cccc(C(C)(C)C)c1. The Balaban J connectivity index is 2.45. The van der Waals surface area contributed by atoms with Crippen LogP contribution in [0.3, 0.4) is 0 Å². The highest BCUT2D eigenvalue weighted by molar-refractivity contribution is 5.32. The van der Waals surface area contributed by atoms with Crippen LogP contribution in [0.15, 0.2) is 24.3 Å². The van der Waals surface area contributed by atoms with Crippen LogP contribution in [-0.4, -0.2) is 19.7 Å². The zero-order chi connectivity index (χ0) is 14.3. The smallest absolute Gasteiger partial charge is 0.119 e. The molecule has 0 saturated carbocycles. The van der Waals surface area contributed by atoms with Crippen LogP contribution >= 0.6 is 0 Å². The molecule has 19 heavy (non-hydrogen) atoms. The summed E-state index contributed by atoms with van der Waals surface area (Å²) in [6, 6.07) is 8.45. The topological polar surface area (TPSA) is 21.3 Å². The van der Waals surface area contributed by atoms with E-state index in [1.807, 2.05) is 6.07 Å². The first-order valence-electron chi connectivity index (χ1n) is 7.37. The number of ether oxygens (including phenoxy) is 1. The van der Waals surface area contributed by atoms with E-state index in [0.717, 1.165) is 25.4 Å². The van der Waals surface area contributed by atoms with E-state index in [0.29, 0.717) is 5.92 Å². The molecule has 0 aliphatic rings. The fourth-order valence-corrected chi connectivity index (χ4v) is 1.88. The van der Waals surface area contributed by atoms with Gasteiger partial charge in [-0.3, -0.25) is 0 Å². The lowest BCUT2D eigenvalue weighted by Crippen LogP contribution is -2.25. The molecular weight excluding hydrogens is 234 g/mol. The number of nitrogens with one attached hydrogen (secondary N) is 1. The highest BCUT2D eigenvalue weighted by atomic mass is 16.5. The standard InChI is InChI=1S/C17H29NO/c1-6-10-18-12-14(2)13-19-16-9-7-8-15(11-16)17(3,4)5/h7-9,11,14,18H,6,10,12-13H2,1-5H3. The Bertz CT molecular complexity index is 368. The Morgan fingerprint density at radius 2 is 2.00 bits per heavy atom. The van der Waals surface area contributed by atoms with Crippen molar-refractivity contribution >= 4 is 0 Å². The van der Waals surface area contributed by atoms with Gasteiger partial charge in [-0.25, -0.2) is 0 Å². The van der Waals surface area contributed by atoms with Crippen molar-refractivity contribution < 1.29 is 4.74 Å². The number of benzene rings is 1. The molecule has 108 valence electrons. The summed E-state index contributed by atoms with van der Waals surface area (Å²) in [4.78, 5) is 0. The molecule has 0 spiro atoms. The van der Waals surface area contributed by atoms with Crippen molar-refractivity contribution in [2.75, 3.05) is 19.7 Å². The summed E-state index contributed by atoms with van der Waals surface area (Å²) in [6.45, 7) is 14.0. The van der Waals surface area contributed by atoms with E-state index in [-0.39, 0.29) is 5.41 Å². The fraction of sp³-hybridized carbons (Fsp3) is 0.647. The molecule has 1 unspecified atom stereocenters. The van der Waals surface area contributed by atoms with Crippen LogP contribution in [0, 0.1) is 5.92 Å². The summed E-state index contributed by atoms with van der Waals surface area (Å²) >= 11 is 0. The van der Waals surface area contributed by atoms with Gasteiger partial charge in [0.15, 0.2) is 0 Å². The van der Waals surface area contributed by atoms with Gasteiger partial charge in [-0.1, -0.05) is 46.8 Å². The van der Waals surface area contributed by atoms with Crippen molar-refractivity contribution in [3.05, 3.63) is 29.8 Å². The van der Waals surface area contributed by atoms with Gasteiger partial charge in [0.1, 0.15) is 5.75 Å². The molecule has 0 aromatic heterocycles. The molecule has 1 atom stereocenters. The van der Waals surface area contributed by atoms with E-state index in [1.165, 1.54) is 12.0 Å². The Labute approximate surface area is 118 Å². The third-order valence-corrected chi connectivity index (χ3v) is 3.15. The predicted molar refractivity (Wildman–Crippen MR) is 83.0 cm³/mol. The summed E-state index contributed by atoms with van der Waals surface area (Å²) < 4.78 is 5.89. The second-order valence-corrected chi connectivity index (χ2v) is 6.40. The van der Waals surface area contributed by atoms with Crippen LogP contribution in [0.2, 0.25) is 0 Å². The molecule has 1 aromatic rings. The molecule has 2 heteroatoms. The van der Waals surface area contributed by atoms with Crippen LogP contribution in [0.4, 0.5) is 0 Å². The number of hydrogen-bond donors (Lipinski definition) is 1. The second-order valence-electron chi connectivity index (χ2n) is 6.40. The second kappa shape index (κ2) is 7.54. The van der Waals surface area contributed by atoms with Gasteiger partial charge in [0.25, 0.3) is 0 Å². The molecule has 0 fully saturated rings. The first-order valence-corrected chi connectivity index (χ1v) is 7.37. The zero-order valence-corrected chi connectivity index (χ0v) is 13.1. The van der Waals surface area contributed by atoms with Gasteiger partial charge in [-0.05, 0) is 36.1 Å². The van der Waals surface area contributed by atoms with E-state index < -0.39 is 0 Å². The van der Waals surface area contributed by atoms with Crippen LogP contribution in [-0.2, 0) is 5.41 Å². The van der Waals surface area contributed by atoms with E-state index in [2.05, 4.69) is 58.1 Å². The first-order chi connectivity index (χ1) is 8.93. The van der Waals surface area contributed by atoms with Gasteiger partial charge in [-0.15, -0.1) is 0 Å². The van der Waals surface area contributed by atoms with Crippen LogP contribution in [0.1, 0.15) is 46.6 Å². The Kier molecular flexibility index (Phi) is 6.36. The molecule has 0 heterocycles.